The van der Waals surface area contributed by atoms with E-state index in [1.807, 2.05) is 13.0 Å². The molecule has 0 radical (unpaired) electrons. The molecule has 0 aliphatic heterocycles. The van der Waals surface area contributed by atoms with Crippen LogP contribution in [0.3, 0.4) is 0 Å². The molecule has 1 amide bonds. The average molecular weight is 455 g/mol. The summed E-state index contributed by atoms with van der Waals surface area (Å²) in [4.78, 5) is 30.8. The molecule has 2 heterocycles. The smallest absolute Gasteiger partial charge is 0.340 e. The first-order valence-corrected chi connectivity index (χ1v) is 10.3. The molecule has 0 bridgehead atoms. The van der Waals surface area contributed by atoms with E-state index in [9.17, 15) is 22.8 Å². The Labute approximate surface area is 186 Å². The van der Waals surface area contributed by atoms with E-state index < -0.39 is 23.9 Å². The highest BCUT2D eigenvalue weighted by Gasteiger charge is 2.34. The Kier molecular flexibility index (Phi) is 5.99. The molecule has 1 atom stereocenters. The zero-order valence-electron chi connectivity index (χ0n) is 17.6. The summed E-state index contributed by atoms with van der Waals surface area (Å²) in [6, 6.07) is 15.6. The molecule has 1 unspecified atom stereocenters. The summed E-state index contributed by atoms with van der Waals surface area (Å²) in [5, 5.41) is 7.02. The number of imidazole rings is 1. The molecule has 10 heteroatoms. The molecule has 0 aliphatic carbocycles. The van der Waals surface area contributed by atoms with Gasteiger partial charge in [0.2, 0.25) is 5.82 Å². The van der Waals surface area contributed by atoms with Crippen molar-refractivity contribution in [2.45, 2.75) is 32.1 Å². The number of halogens is 3. The van der Waals surface area contributed by atoms with Gasteiger partial charge < -0.3 is 10.3 Å². The fourth-order valence-electron chi connectivity index (χ4n) is 3.49. The monoisotopic (exact) mass is 455 g/mol. The van der Waals surface area contributed by atoms with Crippen LogP contribution in [0.1, 0.15) is 46.8 Å². The molecule has 2 N–H and O–H groups in total. The Morgan fingerprint density at radius 1 is 1.09 bits per heavy atom. The number of aryl methyl sites for hydroxylation is 1. The zero-order chi connectivity index (χ0) is 23.6. The van der Waals surface area contributed by atoms with Gasteiger partial charge in [0.1, 0.15) is 5.69 Å². The van der Waals surface area contributed by atoms with E-state index in [4.69, 9.17) is 0 Å². The quantitative estimate of drug-likeness (QED) is 0.459. The van der Waals surface area contributed by atoms with Gasteiger partial charge in [-0.1, -0.05) is 43.3 Å². The van der Waals surface area contributed by atoms with Crippen LogP contribution in [0.2, 0.25) is 0 Å². The third-order valence-corrected chi connectivity index (χ3v) is 5.05. The number of rotatable bonds is 6. The fourth-order valence-corrected chi connectivity index (χ4v) is 3.49. The highest BCUT2D eigenvalue weighted by atomic mass is 19.4. The normalized spacial score (nSPS) is 12.6. The second-order valence-corrected chi connectivity index (χ2v) is 7.46. The Balaban J connectivity index is 1.71. The van der Waals surface area contributed by atoms with E-state index >= 15 is 0 Å². The van der Waals surface area contributed by atoms with Crippen molar-refractivity contribution in [3.8, 4) is 0 Å². The number of aromatic nitrogens is 4. The number of amides is 1. The molecule has 2 aromatic carbocycles. The fraction of sp³-hybridized carbons (Fsp3) is 0.217. The van der Waals surface area contributed by atoms with Gasteiger partial charge in [-0.15, -0.1) is 0 Å². The molecule has 4 rings (SSSR count). The Hall–Kier alpha value is -3.95. The molecule has 4 aromatic rings. The second kappa shape index (κ2) is 8.89. The van der Waals surface area contributed by atoms with Crippen molar-refractivity contribution in [3.05, 3.63) is 93.7 Å². The number of hydrogen-bond acceptors (Lipinski definition) is 4. The number of H-pyrrole nitrogens is 1. The SMILES string of the molecule is CCCn1nc(C(=O)NC(c2ccccc2)c2ccc3nc(C(F)(F)F)[nH]c3c2)ccc1=O. The van der Waals surface area contributed by atoms with Crippen LogP contribution in [-0.4, -0.2) is 25.7 Å². The van der Waals surface area contributed by atoms with Crippen LogP contribution in [0.25, 0.3) is 11.0 Å². The van der Waals surface area contributed by atoms with Gasteiger partial charge in [0, 0.05) is 12.6 Å². The van der Waals surface area contributed by atoms with E-state index in [0.717, 1.165) is 5.56 Å². The number of nitrogens with one attached hydrogen (secondary N) is 2. The van der Waals surface area contributed by atoms with Crippen molar-refractivity contribution in [2.24, 2.45) is 0 Å². The lowest BCUT2D eigenvalue weighted by Gasteiger charge is -2.20. The molecular weight excluding hydrogens is 435 g/mol. The largest absolute Gasteiger partial charge is 0.449 e. The molecule has 0 saturated carbocycles. The number of hydrogen-bond donors (Lipinski definition) is 2. The van der Waals surface area contributed by atoms with Crippen LogP contribution < -0.4 is 10.9 Å². The predicted molar refractivity (Wildman–Crippen MR) is 116 cm³/mol. The molecular formula is C23H20F3N5O2. The third kappa shape index (κ3) is 4.79. The van der Waals surface area contributed by atoms with Crippen LogP contribution in [-0.2, 0) is 12.7 Å². The molecule has 0 spiro atoms. The van der Waals surface area contributed by atoms with Gasteiger partial charge in [-0.05, 0) is 35.7 Å². The summed E-state index contributed by atoms with van der Waals surface area (Å²) in [7, 11) is 0. The number of carbonyl (C=O) groups is 1. The number of aromatic amines is 1. The summed E-state index contributed by atoms with van der Waals surface area (Å²) in [5.41, 5.74) is 1.40. The summed E-state index contributed by atoms with van der Waals surface area (Å²) in [5.74, 6) is -1.60. The minimum atomic E-state index is -4.60. The van der Waals surface area contributed by atoms with Crippen molar-refractivity contribution in [2.75, 3.05) is 0 Å². The van der Waals surface area contributed by atoms with Crippen molar-refractivity contribution in [3.63, 3.8) is 0 Å². The van der Waals surface area contributed by atoms with Gasteiger partial charge in [0.05, 0.1) is 17.1 Å². The van der Waals surface area contributed by atoms with Crippen molar-refractivity contribution in [1.82, 2.24) is 25.1 Å². The zero-order valence-corrected chi connectivity index (χ0v) is 17.6. The van der Waals surface area contributed by atoms with E-state index in [0.29, 0.717) is 18.5 Å². The van der Waals surface area contributed by atoms with Crippen LogP contribution >= 0.6 is 0 Å². The molecule has 0 saturated heterocycles. The van der Waals surface area contributed by atoms with Crippen molar-refractivity contribution >= 4 is 16.9 Å². The van der Waals surface area contributed by atoms with Crippen LogP contribution in [0.5, 0.6) is 0 Å². The maximum atomic E-state index is 13.0. The van der Waals surface area contributed by atoms with E-state index in [1.165, 1.54) is 28.9 Å². The molecule has 170 valence electrons. The van der Waals surface area contributed by atoms with Crippen molar-refractivity contribution in [1.29, 1.82) is 0 Å². The molecule has 33 heavy (non-hydrogen) atoms. The third-order valence-electron chi connectivity index (χ3n) is 5.05. The molecule has 2 aromatic heterocycles. The van der Waals surface area contributed by atoms with Crippen LogP contribution in [0.4, 0.5) is 13.2 Å². The van der Waals surface area contributed by atoms with Crippen LogP contribution in [0, 0.1) is 0 Å². The Bertz CT molecular complexity index is 1350. The topological polar surface area (TPSA) is 92.7 Å². The van der Waals surface area contributed by atoms with Gasteiger partial charge in [-0.25, -0.2) is 9.67 Å². The maximum Gasteiger partial charge on any atom is 0.449 e. The first-order valence-electron chi connectivity index (χ1n) is 10.3. The lowest BCUT2D eigenvalue weighted by atomic mass is 9.98. The summed E-state index contributed by atoms with van der Waals surface area (Å²) >= 11 is 0. The lowest BCUT2D eigenvalue weighted by Crippen LogP contribution is -2.32. The first kappa shape index (κ1) is 22.3. The van der Waals surface area contributed by atoms with E-state index in [-0.39, 0.29) is 22.3 Å². The maximum absolute atomic E-state index is 13.0. The molecule has 7 nitrogen and oxygen atoms in total. The number of carbonyl (C=O) groups excluding carboxylic acids is 1. The van der Waals surface area contributed by atoms with Crippen molar-refractivity contribution < 1.29 is 18.0 Å². The highest BCUT2D eigenvalue weighted by molar-refractivity contribution is 5.92. The van der Waals surface area contributed by atoms with Gasteiger partial charge in [0.25, 0.3) is 11.5 Å². The van der Waals surface area contributed by atoms with Gasteiger partial charge in [-0.2, -0.15) is 18.3 Å². The van der Waals surface area contributed by atoms with Crippen LogP contribution in [0.15, 0.2) is 65.5 Å². The standard InChI is InChI=1S/C23H20F3N5O2/c1-2-12-31-19(32)11-10-17(30-31)21(33)29-20(14-6-4-3-5-7-14)15-8-9-16-18(13-15)28-22(27-16)23(24,25)26/h3-11,13,20H,2,12H2,1H3,(H,27,28)(H,29,33). The summed E-state index contributed by atoms with van der Waals surface area (Å²) in [6.07, 6.45) is -3.92. The van der Waals surface area contributed by atoms with Gasteiger partial charge >= 0.3 is 6.18 Å². The predicted octanol–water partition coefficient (Wildman–Crippen LogP) is 4.07. The lowest BCUT2D eigenvalue weighted by molar-refractivity contribution is -0.144. The summed E-state index contributed by atoms with van der Waals surface area (Å²) < 4.78 is 40.4. The number of benzene rings is 2. The van der Waals surface area contributed by atoms with Gasteiger partial charge in [-0.3, -0.25) is 9.59 Å². The second-order valence-electron chi connectivity index (χ2n) is 7.46. The summed E-state index contributed by atoms with van der Waals surface area (Å²) in [6.45, 7) is 2.27. The Morgan fingerprint density at radius 3 is 2.55 bits per heavy atom. The number of alkyl halides is 3. The minimum Gasteiger partial charge on any atom is -0.340 e. The minimum absolute atomic E-state index is 0.0611. The number of fused-ring (bicyclic) bond motifs is 1. The number of nitrogens with zero attached hydrogens (tertiary/aromatic N) is 3. The van der Waals surface area contributed by atoms with Gasteiger partial charge in [0.15, 0.2) is 0 Å². The highest BCUT2D eigenvalue weighted by Crippen LogP contribution is 2.30. The average Bonchev–Trinajstić information content (AvgIpc) is 3.24. The van der Waals surface area contributed by atoms with E-state index in [1.54, 1.807) is 30.3 Å². The molecule has 0 fully saturated rings. The first-order chi connectivity index (χ1) is 15.8. The Morgan fingerprint density at radius 2 is 1.85 bits per heavy atom. The van der Waals surface area contributed by atoms with E-state index in [2.05, 4.69) is 20.4 Å². The molecule has 0 aliphatic rings.